The van der Waals surface area contributed by atoms with E-state index in [9.17, 15) is 19.2 Å². The molecule has 0 aromatic heterocycles. The molecule has 1 aromatic carbocycles. The normalized spacial score (nSPS) is 26.3. The number of benzene rings is 1. The Balaban J connectivity index is 1.52. The Morgan fingerprint density at radius 2 is 1.72 bits per heavy atom. The van der Waals surface area contributed by atoms with Crippen molar-refractivity contribution in [3.63, 3.8) is 0 Å². The Morgan fingerprint density at radius 1 is 1.14 bits per heavy atom. The Kier molecular flexibility index (Phi) is 7.40. The van der Waals surface area contributed by atoms with Gasteiger partial charge in [0, 0.05) is 14.1 Å². The zero-order chi connectivity index (χ0) is 21.3. The third kappa shape index (κ3) is 5.21. The van der Waals surface area contributed by atoms with E-state index in [1.165, 1.54) is 0 Å². The molecule has 2 aliphatic rings. The van der Waals surface area contributed by atoms with E-state index >= 15 is 0 Å². The van der Waals surface area contributed by atoms with Crippen LogP contribution in [0.2, 0.25) is 5.02 Å². The third-order valence-electron chi connectivity index (χ3n) is 4.86. The van der Waals surface area contributed by atoms with E-state index in [0.717, 1.165) is 9.37 Å². The maximum absolute atomic E-state index is 12.5. The molecule has 1 aliphatic heterocycles. The highest BCUT2D eigenvalue weighted by molar-refractivity contribution is 9.12. The number of ether oxygens (including phenoxy) is 1. The lowest BCUT2D eigenvalue weighted by atomic mass is 9.81. The summed E-state index contributed by atoms with van der Waals surface area (Å²) in [4.78, 5) is 50.3. The molecule has 4 atom stereocenters. The van der Waals surface area contributed by atoms with Gasteiger partial charge >= 0.3 is 5.97 Å². The summed E-state index contributed by atoms with van der Waals surface area (Å²) < 4.78 is 5.68. The molecule has 156 valence electrons. The molecule has 0 radical (unpaired) electrons. The molecule has 1 heterocycles. The van der Waals surface area contributed by atoms with Gasteiger partial charge < -0.3 is 10.1 Å². The van der Waals surface area contributed by atoms with Crippen LogP contribution in [0, 0.1) is 11.8 Å². The molecule has 0 unspecified atom stereocenters. The van der Waals surface area contributed by atoms with Crippen molar-refractivity contribution in [2.45, 2.75) is 22.5 Å². The van der Waals surface area contributed by atoms with Crippen LogP contribution in [0.4, 0.5) is 5.69 Å². The first-order valence-corrected chi connectivity index (χ1v) is 11.7. The molecule has 3 amide bonds. The molecule has 3 rings (SSSR count). The number of alkyl halides is 2. The van der Waals surface area contributed by atoms with Crippen LogP contribution in [0.5, 0.6) is 0 Å². The quantitative estimate of drug-likeness (QED) is 0.311. The van der Waals surface area contributed by atoms with E-state index in [-0.39, 0.29) is 21.5 Å². The second-order valence-electron chi connectivity index (χ2n) is 6.81. The number of likely N-dealkylation sites (tertiary alicyclic amines) is 1. The summed E-state index contributed by atoms with van der Waals surface area (Å²) >= 11 is 16.3. The average Bonchev–Trinajstić information content (AvgIpc) is 2.87. The fourth-order valence-corrected chi connectivity index (χ4v) is 5.38. The number of esters is 1. The third-order valence-corrected chi connectivity index (χ3v) is 8.40. The maximum Gasteiger partial charge on any atom is 0.326 e. The highest BCUT2D eigenvalue weighted by Gasteiger charge is 2.52. The average molecular weight is 616 g/mol. The van der Waals surface area contributed by atoms with Gasteiger partial charge in [-0.3, -0.25) is 24.1 Å². The summed E-state index contributed by atoms with van der Waals surface area (Å²) in [6.45, 7) is -1.06. The largest absolute Gasteiger partial charge is 0.454 e. The lowest BCUT2D eigenvalue weighted by molar-refractivity contribution is -0.154. The Bertz CT molecular complexity index is 840. The molecule has 1 aliphatic carbocycles. The van der Waals surface area contributed by atoms with E-state index in [4.69, 9.17) is 16.3 Å². The Hall–Kier alpha value is -0.970. The van der Waals surface area contributed by atoms with Crippen molar-refractivity contribution < 1.29 is 23.9 Å². The maximum atomic E-state index is 12.5. The van der Waals surface area contributed by atoms with Crippen LogP contribution in [-0.2, 0) is 23.9 Å². The SMILES string of the molecule is O=C(COC(=O)CN1C(=O)[C@H]2C[C@H](Br)[C@@H](Br)C[C@H]2C1=O)Nc1ccc(Br)cc1Cl. The molecule has 1 N–H and O–H groups in total. The van der Waals surface area contributed by atoms with Gasteiger partial charge in [-0.25, -0.2) is 0 Å². The number of carbonyl (C=O) groups is 4. The summed E-state index contributed by atoms with van der Waals surface area (Å²) in [5, 5.41) is 2.85. The van der Waals surface area contributed by atoms with Crippen molar-refractivity contribution in [3.05, 3.63) is 27.7 Å². The number of halogens is 4. The molecule has 1 aromatic rings. The second kappa shape index (κ2) is 9.45. The lowest BCUT2D eigenvalue weighted by Crippen LogP contribution is -2.37. The first-order valence-electron chi connectivity index (χ1n) is 8.71. The molecule has 1 saturated carbocycles. The minimum atomic E-state index is -0.826. The van der Waals surface area contributed by atoms with Crippen molar-refractivity contribution in [3.8, 4) is 0 Å². The number of fused-ring (bicyclic) bond motifs is 1. The van der Waals surface area contributed by atoms with Crippen molar-refractivity contribution in [1.29, 1.82) is 0 Å². The molecular weight excluding hydrogens is 599 g/mol. The fourth-order valence-electron chi connectivity index (χ4n) is 3.42. The number of imide groups is 1. The van der Waals surface area contributed by atoms with E-state index < -0.39 is 36.9 Å². The number of rotatable bonds is 5. The van der Waals surface area contributed by atoms with Gasteiger partial charge in [-0.15, -0.1) is 0 Å². The monoisotopic (exact) mass is 612 g/mol. The standard InChI is InChI=1S/C18H16Br3ClN2O5/c19-8-1-2-14(13(22)3-8)23-15(25)7-29-16(26)6-24-17(27)9-4-11(20)12(21)5-10(9)18(24)28/h1-3,9-12H,4-7H2,(H,23,25)/t9-,10+,11-,12-/m0/s1. The zero-order valence-electron chi connectivity index (χ0n) is 14.9. The van der Waals surface area contributed by atoms with Gasteiger partial charge in [0.05, 0.1) is 22.5 Å². The number of nitrogens with one attached hydrogen (secondary N) is 1. The number of amides is 3. The van der Waals surface area contributed by atoms with Crippen LogP contribution in [0.1, 0.15) is 12.8 Å². The number of nitrogens with zero attached hydrogens (tertiary/aromatic N) is 1. The number of hydrogen-bond acceptors (Lipinski definition) is 5. The number of carbonyl (C=O) groups excluding carboxylic acids is 4. The molecule has 7 nitrogen and oxygen atoms in total. The van der Waals surface area contributed by atoms with E-state index in [1.54, 1.807) is 18.2 Å². The fraction of sp³-hybridized carbons (Fsp3) is 0.444. The minimum Gasteiger partial charge on any atom is -0.454 e. The first kappa shape index (κ1) is 22.7. The van der Waals surface area contributed by atoms with Gasteiger partial charge in [-0.1, -0.05) is 59.4 Å². The molecule has 2 fully saturated rings. The smallest absolute Gasteiger partial charge is 0.326 e. The van der Waals surface area contributed by atoms with Crippen LogP contribution >= 0.6 is 59.4 Å². The molecule has 11 heteroatoms. The predicted octanol–water partition coefficient (Wildman–Crippen LogP) is 3.51. The summed E-state index contributed by atoms with van der Waals surface area (Å²) in [5.74, 6) is -3.01. The van der Waals surface area contributed by atoms with Gasteiger partial charge in [0.25, 0.3) is 5.91 Å². The van der Waals surface area contributed by atoms with Crippen LogP contribution in [0.25, 0.3) is 0 Å². The molecule has 1 saturated heterocycles. The Morgan fingerprint density at radius 3 is 2.28 bits per heavy atom. The summed E-state index contributed by atoms with van der Waals surface area (Å²) in [5.41, 5.74) is 0.374. The van der Waals surface area contributed by atoms with Gasteiger partial charge in [-0.05, 0) is 31.0 Å². The van der Waals surface area contributed by atoms with Gasteiger partial charge in [0.2, 0.25) is 11.8 Å². The van der Waals surface area contributed by atoms with Crippen LogP contribution < -0.4 is 5.32 Å². The highest BCUT2D eigenvalue weighted by Crippen LogP contribution is 2.43. The van der Waals surface area contributed by atoms with E-state index in [0.29, 0.717) is 23.6 Å². The summed E-state index contributed by atoms with van der Waals surface area (Å²) in [6, 6.07) is 4.92. The predicted molar refractivity (Wildman–Crippen MR) is 117 cm³/mol. The first-order chi connectivity index (χ1) is 13.7. The van der Waals surface area contributed by atoms with Crippen molar-refractivity contribution in [1.82, 2.24) is 4.90 Å². The number of anilines is 1. The zero-order valence-corrected chi connectivity index (χ0v) is 20.4. The van der Waals surface area contributed by atoms with Gasteiger partial charge in [-0.2, -0.15) is 0 Å². The van der Waals surface area contributed by atoms with Crippen LogP contribution in [0.3, 0.4) is 0 Å². The molecular formula is C18H16Br3ClN2O5. The van der Waals surface area contributed by atoms with Crippen molar-refractivity contribution in [2.75, 3.05) is 18.5 Å². The van der Waals surface area contributed by atoms with Crippen molar-refractivity contribution >= 4 is 88.8 Å². The van der Waals surface area contributed by atoms with Gasteiger partial charge in [0.15, 0.2) is 6.61 Å². The Labute approximate surface area is 197 Å². The summed E-state index contributed by atoms with van der Waals surface area (Å²) in [7, 11) is 0. The molecule has 0 bridgehead atoms. The second-order valence-corrected chi connectivity index (χ2v) is 10.5. The van der Waals surface area contributed by atoms with Crippen LogP contribution in [-0.4, -0.2) is 51.4 Å². The lowest BCUT2D eigenvalue weighted by Gasteiger charge is -2.29. The molecule has 0 spiro atoms. The van der Waals surface area contributed by atoms with Crippen LogP contribution in [0.15, 0.2) is 22.7 Å². The highest BCUT2D eigenvalue weighted by atomic mass is 79.9. The number of hydrogen-bond donors (Lipinski definition) is 1. The van der Waals surface area contributed by atoms with Gasteiger partial charge in [0.1, 0.15) is 6.54 Å². The van der Waals surface area contributed by atoms with Crippen molar-refractivity contribution in [2.24, 2.45) is 11.8 Å². The van der Waals surface area contributed by atoms with E-state index in [2.05, 4.69) is 53.1 Å². The van der Waals surface area contributed by atoms with E-state index in [1.807, 2.05) is 0 Å². The summed E-state index contributed by atoms with van der Waals surface area (Å²) in [6.07, 6.45) is 1.04. The topological polar surface area (TPSA) is 92.8 Å². The molecule has 29 heavy (non-hydrogen) atoms. The minimum absolute atomic E-state index is 0.0848.